The van der Waals surface area contributed by atoms with E-state index < -0.39 is 9.84 Å². The molecule has 19 heavy (non-hydrogen) atoms. The van der Waals surface area contributed by atoms with Crippen LogP contribution >= 0.6 is 0 Å². The standard InChI is InChI=1S/C12H22N2O4S/c1-9(2)6-11(15)13-7-12(16)14(3)10-4-5-19(17,18)8-10/h9-10H,4-8H2,1-3H3,(H,13,15). The second-order valence-electron chi connectivity index (χ2n) is 5.44. The lowest BCUT2D eigenvalue weighted by molar-refractivity contribution is -0.133. The van der Waals surface area contributed by atoms with Crippen molar-refractivity contribution in [1.82, 2.24) is 10.2 Å². The van der Waals surface area contributed by atoms with Gasteiger partial charge in [0.05, 0.1) is 18.1 Å². The average Bonchev–Trinajstić information content (AvgIpc) is 2.64. The first-order chi connectivity index (χ1) is 8.71. The van der Waals surface area contributed by atoms with Gasteiger partial charge in [-0.1, -0.05) is 13.8 Å². The van der Waals surface area contributed by atoms with Gasteiger partial charge in [0.25, 0.3) is 0 Å². The average molecular weight is 290 g/mol. The Balaban J connectivity index is 2.39. The minimum Gasteiger partial charge on any atom is -0.347 e. The van der Waals surface area contributed by atoms with Crippen LogP contribution in [-0.2, 0) is 19.4 Å². The molecule has 7 heteroatoms. The van der Waals surface area contributed by atoms with Crippen molar-refractivity contribution in [1.29, 1.82) is 0 Å². The quantitative estimate of drug-likeness (QED) is 0.759. The van der Waals surface area contributed by atoms with Gasteiger partial charge in [-0.05, 0) is 12.3 Å². The lowest BCUT2D eigenvalue weighted by Gasteiger charge is -2.23. The van der Waals surface area contributed by atoms with Crippen LogP contribution in [0.25, 0.3) is 0 Å². The maximum atomic E-state index is 11.8. The molecule has 1 atom stereocenters. The first-order valence-electron chi connectivity index (χ1n) is 6.44. The van der Waals surface area contributed by atoms with Crippen molar-refractivity contribution in [3.63, 3.8) is 0 Å². The fourth-order valence-corrected chi connectivity index (χ4v) is 3.80. The molecule has 1 N–H and O–H groups in total. The van der Waals surface area contributed by atoms with Crippen LogP contribution in [0.4, 0.5) is 0 Å². The molecule has 0 bridgehead atoms. The number of hydrogen-bond acceptors (Lipinski definition) is 4. The van der Waals surface area contributed by atoms with E-state index in [4.69, 9.17) is 0 Å². The van der Waals surface area contributed by atoms with Crippen molar-refractivity contribution in [3.05, 3.63) is 0 Å². The molecular weight excluding hydrogens is 268 g/mol. The molecule has 1 rings (SSSR count). The second kappa shape index (κ2) is 6.36. The summed E-state index contributed by atoms with van der Waals surface area (Å²) in [7, 11) is -1.42. The zero-order valence-corrected chi connectivity index (χ0v) is 12.5. The molecule has 0 aromatic carbocycles. The van der Waals surface area contributed by atoms with Gasteiger partial charge in [0.2, 0.25) is 11.8 Å². The lowest BCUT2D eigenvalue weighted by atomic mass is 10.1. The summed E-state index contributed by atoms with van der Waals surface area (Å²) in [5, 5.41) is 2.56. The Bertz CT molecular complexity index is 445. The SMILES string of the molecule is CC(C)CC(=O)NCC(=O)N(C)C1CCS(=O)(=O)C1. The predicted molar refractivity (Wildman–Crippen MR) is 72.3 cm³/mol. The van der Waals surface area contributed by atoms with E-state index in [1.54, 1.807) is 7.05 Å². The molecule has 0 aromatic heterocycles. The Morgan fingerprint density at radius 3 is 2.47 bits per heavy atom. The van der Waals surface area contributed by atoms with Crippen molar-refractivity contribution < 1.29 is 18.0 Å². The Hall–Kier alpha value is -1.11. The van der Waals surface area contributed by atoms with Gasteiger partial charge in [-0.2, -0.15) is 0 Å². The summed E-state index contributed by atoms with van der Waals surface area (Å²) in [6, 6.07) is -0.264. The van der Waals surface area contributed by atoms with Gasteiger partial charge >= 0.3 is 0 Å². The minimum atomic E-state index is -3.00. The van der Waals surface area contributed by atoms with Crippen molar-refractivity contribution in [2.24, 2.45) is 5.92 Å². The molecule has 0 saturated carbocycles. The van der Waals surface area contributed by atoms with Crippen LogP contribution in [0.3, 0.4) is 0 Å². The molecule has 0 spiro atoms. The smallest absolute Gasteiger partial charge is 0.241 e. The van der Waals surface area contributed by atoms with Gasteiger partial charge in [0.15, 0.2) is 9.84 Å². The van der Waals surface area contributed by atoms with Crippen molar-refractivity contribution in [3.8, 4) is 0 Å². The van der Waals surface area contributed by atoms with E-state index in [1.807, 2.05) is 13.8 Å². The summed E-state index contributed by atoms with van der Waals surface area (Å²) in [6.45, 7) is 3.78. The van der Waals surface area contributed by atoms with E-state index in [1.165, 1.54) is 4.90 Å². The number of rotatable bonds is 5. The largest absolute Gasteiger partial charge is 0.347 e. The topological polar surface area (TPSA) is 83.6 Å². The molecule has 6 nitrogen and oxygen atoms in total. The second-order valence-corrected chi connectivity index (χ2v) is 7.66. The fraction of sp³-hybridized carbons (Fsp3) is 0.833. The lowest BCUT2D eigenvalue weighted by Crippen LogP contribution is -2.43. The van der Waals surface area contributed by atoms with Crippen molar-refractivity contribution in [2.75, 3.05) is 25.1 Å². The third-order valence-corrected chi connectivity index (χ3v) is 4.93. The molecule has 0 radical (unpaired) electrons. The Morgan fingerprint density at radius 1 is 1.37 bits per heavy atom. The summed E-state index contributed by atoms with van der Waals surface area (Å²) in [4.78, 5) is 24.7. The third kappa shape index (κ3) is 5.18. The van der Waals surface area contributed by atoms with Crippen LogP contribution in [-0.4, -0.2) is 56.3 Å². The number of carbonyl (C=O) groups is 2. The monoisotopic (exact) mass is 290 g/mol. The molecule has 1 aliphatic heterocycles. The number of amides is 2. The van der Waals surface area contributed by atoms with Crippen LogP contribution < -0.4 is 5.32 Å². The minimum absolute atomic E-state index is 0.0230. The van der Waals surface area contributed by atoms with Gasteiger partial charge in [0.1, 0.15) is 0 Å². The van der Waals surface area contributed by atoms with Gasteiger partial charge in [-0.25, -0.2) is 8.42 Å². The van der Waals surface area contributed by atoms with Gasteiger partial charge < -0.3 is 10.2 Å². The normalized spacial score (nSPS) is 21.4. The first kappa shape index (κ1) is 15.9. The first-order valence-corrected chi connectivity index (χ1v) is 8.26. The fourth-order valence-electron chi connectivity index (χ4n) is 2.03. The number of nitrogens with zero attached hydrogens (tertiary/aromatic N) is 1. The van der Waals surface area contributed by atoms with Gasteiger partial charge in [0, 0.05) is 19.5 Å². The van der Waals surface area contributed by atoms with E-state index in [0.29, 0.717) is 12.8 Å². The molecule has 0 aliphatic carbocycles. The van der Waals surface area contributed by atoms with Crippen LogP contribution in [0.5, 0.6) is 0 Å². The van der Waals surface area contributed by atoms with Crippen LogP contribution in [0.1, 0.15) is 26.7 Å². The highest BCUT2D eigenvalue weighted by Crippen LogP contribution is 2.16. The summed E-state index contributed by atoms with van der Waals surface area (Å²) in [5.41, 5.74) is 0. The molecule has 1 aliphatic rings. The molecule has 1 saturated heterocycles. The van der Waals surface area contributed by atoms with Crippen LogP contribution in [0, 0.1) is 5.92 Å². The zero-order valence-electron chi connectivity index (χ0n) is 11.7. The number of likely N-dealkylation sites (N-methyl/N-ethyl adjacent to an activating group) is 1. The maximum absolute atomic E-state index is 11.8. The van der Waals surface area contributed by atoms with E-state index in [2.05, 4.69) is 5.32 Å². The van der Waals surface area contributed by atoms with Crippen molar-refractivity contribution in [2.45, 2.75) is 32.7 Å². The van der Waals surface area contributed by atoms with E-state index in [0.717, 1.165) is 0 Å². The number of nitrogens with one attached hydrogen (secondary N) is 1. The highest BCUT2D eigenvalue weighted by atomic mass is 32.2. The highest BCUT2D eigenvalue weighted by Gasteiger charge is 2.32. The van der Waals surface area contributed by atoms with Gasteiger partial charge in [-0.3, -0.25) is 9.59 Å². The predicted octanol–water partition coefficient (Wildman–Crippen LogP) is -0.206. The zero-order chi connectivity index (χ0) is 14.6. The van der Waals surface area contributed by atoms with E-state index >= 15 is 0 Å². The summed E-state index contributed by atoms with van der Waals surface area (Å²) >= 11 is 0. The van der Waals surface area contributed by atoms with Gasteiger partial charge in [-0.15, -0.1) is 0 Å². The molecule has 1 fully saturated rings. The summed E-state index contributed by atoms with van der Waals surface area (Å²) in [5.74, 6) is -0.00715. The molecule has 110 valence electrons. The van der Waals surface area contributed by atoms with Crippen LogP contribution in [0.2, 0.25) is 0 Å². The molecule has 1 heterocycles. The van der Waals surface area contributed by atoms with E-state index in [9.17, 15) is 18.0 Å². The van der Waals surface area contributed by atoms with E-state index in [-0.39, 0.29) is 41.8 Å². The summed E-state index contributed by atoms with van der Waals surface area (Å²) in [6.07, 6.45) is 0.860. The Kier molecular flexibility index (Phi) is 5.34. The van der Waals surface area contributed by atoms with Crippen molar-refractivity contribution >= 4 is 21.7 Å². The Labute approximate surface area is 114 Å². The number of hydrogen-bond donors (Lipinski definition) is 1. The number of carbonyl (C=O) groups excluding carboxylic acids is 2. The highest BCUT2D eigenvalue weighted by molar-refractivity contribution is 7.91. The number of sulfone groups is 1. The van der Waals surface area contributed by atoms with Crippen LogP contribution in [0.15, 0.2) is 0 Å². The summed E-state index contributed by atoms with van der Waals surface area (Å²) < 4.78 is 22.7. The Morgan fingerprint density at radius 2 is 2.00 bits per heavy atom. The molecule has 2 amide bonds. The molecular formula is C12H22N2O4S. The molecule has 0 aromatic rings. The molecule has 1 unspecified atom stereocenters. The third-order valence-electron chi connectivity index (χ3n) is 3.18. The maximum Gasteiger partial charge on any atom is 0.241 e.